The van der Waals surface area contributed by atoms with Crippen LogP contribution in [-0.4, -0.2) is 11.1 Å². The van der Waals surface area contributed by atoms with Gasteiger partial charge in [0.15, 0.2) is 0 Å². The van der Waals surface area contributed by atoms with Gasteiger partial charge in [0.2, 0.25) is 0 Å². The fourth-order valence-electron chi connectivity index (χ4n) is 11.2. The summed E-state index contributed by atoms with van der Waals surface area (Å²) in [4.78, 5) is 13.0. The Morgan fingerprint density at radius 3 is 2.25 bits per heavy atom. The van der Waals surface area contributed by atoms with Gasteiger partial charge in [0.05, 0.1) is 5.41 Å². The van der Waals surface area contributed by atoms with Gasteiger partial charge < -0.3 is 5.11 Å². The van der Waals surface area contributed by atoms with Gasteiger partial charge in [-0.2, -0.15) is 0 Å². The topological polar surface area (TPSA) is 37.3 Å². The van der Waals surface area contributed by atoms with Crippen molar-refractivity contribution in [3.8, 4) is 0 Å². The molecule has 0 bridgehead atoms. The molecule has 0 aromatic carbocycles. The zero-order chi connectivity index (χ0) is 23.3. The Hall–Kier alpha value is -0.790. The average molecular weight is 441 g/mol. The van der Waals surface area contributed by atoms with Crippen molar-refractivity contribution in [2.24, 2.45) is 56.7 Å². The first kappa shape index (κ1) is 23.0. The number of aliphatic carboxylic acids is 1. The number of fused-ring (bicyclic) bond motifs is 7. The summed E-state index contributed by atoms with van der Waals surface area (Å²) in [6, 6.07) is 0. The molecule has 0 heterocycles. The quantitative estimate of drug-likeness (QED) is 0.440. The van der Waals surface area contributed by atoms with E-state index in [0.717, 1.165) is 38.0 Å². The van der Waals surface area contributed by atoms with Gasteiger partial charge in [0, 0.05) is 0 Å². The number of rotatable bonds is 2. The van der Waals surface area contributed by atoms with Crippen LogP contribution in [0, 0.1) is 56.7 Å². The molecular weight excluding hydrogens is 392 g/mol. The highest BCUT2D eigenvalue weighted by Gasteiger charge is 2.71. The highest BCUT2D eigenvalue weighted by atomic mass is 16.4. The van der Waals surface area contributed by atoms with Gasteiger partial charge in [-0.3, -0.25) is 4.79 Å². The van der Waals surface area contributed by atoms with E-state index in [-0.39, 0.29) is 10.8 Å². The van der Waals surface area contributed by atoms with Crippen LogP contribution < -0.4 is 0 Å². The minimum absolute atomic E-state index is 0.106. The number of hydrogen-bond acceptors (Lipinski definition) is 1. The average Bonchev–Trinajstić information content (AvgIpc) is 3.11. The van der Waals surface area contributed by atoms with E-state index in [1.165, 1.54) is 32.1 Å². The summed E-state index contributed by atoms with van der Waals surface area (Å²) in [6.07, 6.45) is 14.8. The molecule has 0 spiro atoms. The van der Waals surface area contributed by atoms with Crippen molar-refractivity contribution in [1.82, 2.24) is 0 Å². The molecule has 0 aliphatic heterocycles. The molecule has 4 saturated carbocycles. The molecule has 5 aliphatic carbocycles. The van der Waals surface area contributed by atoms with Crippen molar-refractivity contribution in [1.29, 1.82) is 0 Å². The molecule has 180 valence electrons. The van der Waals surface area contributed by atoms with Crippen LogP contribution in [0.5, 0.6) is 0 Å². The second-order valence-corrected chi connectivity index (χ2v) is 14.5. The van der Waals surface area contributed by atoms with Gasteiger partial charge in [-0.1, -0.05) is 66.5 Å². The summed E-state index contributed by atoms with van der Waals surface area (Å²) in [6.45, 7) is 17.3. The van der Waals surface area contributed by atoms with Gasteiger partial charge in [0.1, 0.15) is 0 Å². The van der Waals surface area contributed by atoms with E-state index in [9.17, 15) is 9.90 Å². The Labute approximate surface area is 197 Å². The predicted octanol–water partition coefficient (Wildman–Crippen LogP) is 8.12. The monoisotopic (exact) mass is 440 g/mol. The van der Waals surface area contributed by atoms with Gasteiger partial charge in [-0.25, -0.2) is 0 Å². The number of carbonyl (C=O) groups is 1. The first-order valence-electron chi connectivity index (χ1n) is 13.8. The molecular formula is C30H48O2. The number of allylic oxidation sites excluding steroid dienone is 2. The highest BCUT2D eigenvalue weighted by Crippen LogP contribution is 2.76. The molecule has 2 heteroatoms. The lowest BCUT2D eigenvalue weighted by atomic mass is 9.35. The number of hydrogen-bond donors (Lipinski definition) is 1. The molecule has 8 unspecified atom stereocenters. The van der Waals surface area contributed by atoms with Crippen LogP contribution in [0.3, 0.4) is 0 Å². The van der Waals surface area contributed by atoms with Crippen LogP contribution in [0.2, 0.25) is 0 Å². The lowest BCUT2D eigenvalue weighted by Gasteiger charge is -2.68. The van der Waals surface area contributed by atoms with Crippen LogP contribution in [0.25, 0.3) is 0 Å². The number of carboxylic acids is 1. The summed E-state index contributed by atoms with van der Waals surface area (Å²) in [7, 11) is 0. The van der Waals surface area contributed by atoms with Crippen molar-refractivity contribution in [3.63, 3.8) is 0 Å². The molecule has 32 heavy (non-hydrogen) atoms. The molecule has 0 radical (unpaired) electrons. The predicted molar refractivity (Wildman–Crippen MR) is 131 cm³/mol. The van der Waals surface area contributed by atoms with Crippen molar-refractivity contribution < 1.29 is 9.90 Å². The first-order valence-corrected chi connectivity index (χ1v) is 13.8. The molecule has 1 N–H and O–H groups in total. The summed E-state index contributed by atoms with van der Waals surface area (Å²) in [5.74, 6) is 2.09. The normalized spacial score (nSPS) is 51.8. The fourth-order valence-corrected chi connectivity index (χ4v) is 11.2. The van der Waals surface area contributed by atoms with Crippen molar-refractivity contribution >= 4 is 5.97 Å². The minimum atomic E-state index is -0.498. The van der Waals surface area contributed by atoms with Gasteiger partial charge >= 0.3 is 5.97 Å². The maximum atomic E-state index is 13.0. The fraction of sp³-hybridized carbons (Fsp3) is 0.900. The third-order valence-corrected chi connectivity index (χ3v) is 12.9. The van der Waals surface area contributed by atoms with Crippen molar-refractivity contribution in [2.75, 3.05) is 0 Å². The molecule has 0 aromatic rings. The van der Waals surface area contributed by atoms with Crippen LogP contribution in [0.1, 0.15) is 113 Å². The number of carboxylic acid groups (broad SMARTS) is 1. The highest BCUT2D eigenvalue weighted by molar-refractivity contribution is 5.76. The lowest BCUT2D eigenvalue weighted by molar-refractivity contribution is -0.189. The van der Waals surface area contributed by atoms with Gasteiger partial charge in [-0.05, 0) is 109 Å². The summed E-state index contributed by atoms with van der Waals surface area (Å²) < 4.78 is 0. The third-order valence-electron chi connectivity index (χ3n) is 12.9. The van der Waals surface area contributed by atoms with Crippen LogP contribution in [-0.2, 0) is 4.79 Å². The standard InChI is InChI=1S/C30H48O2/c1-19(2)20-9-12-24-29(7)16-13-21-22(28(29,6)17-18-30(20,24)25(31)32)10-11-23-26(3,4)14-8-15-27(21,23)5/h13,19-20,22-24H,8-12,14-18H2,1-7H3,(H,31,32). The maximum absolute atomic E-state index is 13.0. The van der Waals surface area contributed by atoms with E-state index in [1.807, 2.05) is 0 Å². The molecule has 4 fully saturated rings. The minimum Gasteiger partial charge on any atom is -0.481 e. The smallest absolute Gasteiger partial charge is 0.310 e. The van der Waals surface area contributed by atoms with Gasteiger partial charge in [0.25, 0.3) is 0 Å². The lowest BCUT2D eigenvalue weighted by Crippen LogP contribution is -2.63. The second-order valence-electron chi connectivity index (χ2n) is 14.5. The van der Waals surface area contributed by atoms with Crippen LogP contribution in [0.4, 0.5) is 0 Å². The van der Waals surface area contributed by atoms with Crippen molar-refractivity contribution in [2.45, 2.75) is 113 Å². The molecule has 2 nitrogen and oxygen atoms in total. The van der Waals surface area contributed by atoms with Crippen LogP contribution >= 0.6 is 0 Å². The Balaban J connectivity index is 1.59. The van der Waals surface area contributed by atoms with E-state index in [0.29, 0.717) is 34.5 Å². The first-order chi connectivity index (χ1) is 14.8. The van der Waals surface area contributed by atoms with E-state index in [2.05, 4.69) is 54.5 Å². The zero-order valence-corrected chi connectivity index (χ0v) is 21.9. The Kier molecular flexibility index (Phi) is 4.94. The molecule has 5 rings (SSSR count). The largest absolute Gasteiger partial charge is 0.481 e. The second kappa shape index (κ2) is 6.88. The van der Waals surface area contributed by atoms with Gasteiger partial charge in [-0.15, -0.1) is 0 Å². The third kappa shape index (κ3) is 2.56. The molecule has 0 aromatic heterocycles. The Morgan fingerprint density at radius 2 is 1.59 bits per heavy atom. The van der Waals surface area contributed by atoms with Crippen molar-refractivity contribution in [3.05, 3.63) is 11.6 Å². The van der Waals surface area contributed by atoms with E-state index < -0.39 is 11.4 Å². The SMILES string of the molecule is CC(C)C1CCC2C1(C(=O)O)CCC1(C)C3CCC4C(C)(C)CCCC4(C)C3=CCC21C. The van der Waals surface area contributed by atoms with E-state index in [1.54, 1.807) is 5.57 Å². The van der Waals surface area contributed by atoms with E-state index in [4.69, 9.17) is 0 Å². The Morgan fingerprint density at radius 1 is 0.906 bits per heavy atom. The zero-order valence-electron chi connectivity index (χ0n) is 21.9. The van der Waals surface area contributed by atoms with E-state index >= 15 is 0 Å². The molecule has 8 atom stereocenters. The molecule has 0 saturated heterocycles. The summed E-state index contributed by atoms with van der Waals surface area (Å²) in [5, 5.41) is 10.7. The summed E-state index contributed by atoms with van der Waals surface area (Å²) >= 11 is 0. The van der Waals surface area contributed by atoms with Crippen LogP contribution in [0.15, 0.2) is 11.6 Å². The molecule has 5 aliphatic rings. The molecule has 0 amide bonds. The maximum Gasteiger partial charge on any atom is 0.310 e. The summed E-state index contributed by atoms with van der Waals surface area (Å²) in [5.41, 5.74) is 2.44. The Bertz CT molecular complexity index is 838.